The van der Waals surface area contributed by atoms with E-state index < -0.39 is 0 Å². The molecular weight excluding hydrogens is 244 g/mol. The molecular formula is C15H22O2S. The zero-order valence-electron chi connectivity index (χ0n) is 11.4. The normalized spacial score (nSPS) is 18.9. The quantitative estimate of drug-likeness (QED) is 0.734. The third kappa shape index (κ3) is 3.74. The molecule has 1 aromatic rings. The van der Waals surface area contributed by atoms with Crippen LogP contribution in [0, 0.1) is 0 Å². The summed E-state index contributed by atoms with van der Waals surface area (Å²) in [4.78, 5) is 1.42. The van der Waals surface area contributed by atoms with E-state index in [4.69, 9.17) is 9.47 Å². The van der Waals surface area contributed by atoms with Crippen molar-refractivity contribution in [2.75, 3.05) is 20.3 Å². The van der Waals surface area contributed by atoms with Gasteiger partial charge in [-0.1, -0.05) is 18.2 Å². The third-order valence-electron chi connectivity index (χ3n) is 3.42. The van der Waals surface area contributed by atoms with Gasteiger partial charge in [0.25, 0.3) is 0 Å². The van der Waals surface area contributed by atoms with Crippen LogP contribution < -0.4 is 0 Å². The van der Waals surface area contributed by atoms with E-state index in [0.29, 0.717) is 5.25 Å². The Labute approximate surface area is 114 Å². The Morgan fingerprint density at radius 2 is 2.11 bits per heavy atom. The van der Waals surface area contributed by atoms with E-state index in [0.717, 1.165) is 26.1 Å². The Morgan fingerprint density at radius 1 is 1.33 bits per heavy atom. The molecule has 0 amide bonds. The maximum atomic E-state index is 5.79. The molecule has 0 radical (unpaired) electrons. The van der Waals surface area contributed by atoms with Crippen LogP contribution in [0.3, 0.4) is 0 Å². The summed E-state index contributed by atoms with van der Waals surface area (Å²) < 4.78 is 11.2. The van der Waals surface area contributed by atoms with Crippen molar-refractivity contribution in [2.24, 2.45) is 0 Å². The molecule has 0 spiro atoms. The molecule has 1 atom stereocenters. The summed E-state index contributed by atoms with van der Waals surface area (Å²) >= 11 is 1.94. The largest absolute Gasteiger partial charge is 0.380 e. The van der Waals surface area contributed by atoms with Crippen molar-refractivity contribution in [1.29, 1.82) is 0 Å². The zero-order valence-corrected chi connectivity index (χ0v) is 12.3. The molecule has 2 nitrogen and oxygen atoms in total. The lowest BCUT2D eigenvalue weighted by Gasteiger charge is -2.22. The van der Waals surface area contributed by atoms with Gasteiger partial charge in [0, 0.05) is 23.9 Å². The van der Waals surface area contributed by atoms with Gasteiger partial charge in [-0.25, -0.2) is 0 Å². The second-order valence-electron chi connectivity index (χ2n) is 5.34. The van der Waals surface area contributed by atoms with E-state index >= 15 is 0 Å². The second-order valence-corrected chi connectivity index (χ2v) is 6.68. The maximum absolute atomic E-state index is 5.79. The molecule has 100 valence electrons. The molecule has 0 aliphatic carbocycles. The predicted molar refractivity (Wildman–Crippen MR) is 76.3 cm³/mol. The van der Waals surface area contributed by atoms with Crippen LogP contribution >= 0.6 is 11.8 Å². The average molecular weight is 266 g/mol. The molecule has 1 aromatic carbocycles. The summed E-state index contributed by atoms with van der Waals surface area (Å²) in [5.41, 5.74) is 1.39. The summed E-state index contributed by atoms with van der Waals surface area (Å²) in [7, 11) is 1.75. The predicted octanol–water partition coefficient (Wildman–Crippen LogP) is 3.54. The maximum Gasteiger partial charge on any atom is 0.0644 e. The molecule has 18 heavy (non-hydrogen) atoms. The molecule has 1 heterocycles. The first-order valence-corrected chi connectivity index (χ1v) is 7.36. The van der Waals surface area contributed by atoms with Crippen molar-refractivity contribution < 1.29 is 9.47 Å². The fourth-order valence-electron chi connectivity index (χ4n) is 1.98. The lowest BCUT2D eigenvalue weighted by molar-refractivity contribution is -0.00949. The van der Waals surface area contributed by atoms with Crippen LogP contribution in [0.2, 0.25) is 0 Å². The highest BCUT2D eigenvalue weighted by Crippen LogP contribution is 2.36. The van der Waals surface area contributed by atoms with Gasteiger partial charge in [0.1, 0.15) is 0 Å². The number of methoxy groups -OCH3 is 1. The van der Waals surface area contributed by atoms with Crippen LogP contribution in [0.25, 0.3) is 0 Å². The van der Waals surface area contributed by atoms with Crippen LogP contribution in [0.5, 0.6) is 0 Å². The van der Waals surface area contributed by atoms with E-state index in [1.165, 1.54) is 10.5 Å². The van der Waals surface area contributed by atoms with Crippen LogP contribution in [0.15, 0.2) is 29.2 Å². The molecule has 1 unspecified atom stereocenters. The Morgan fingerprint density at radius 3 is 2.83 bits per heavy atom. The van der Waals surface area contributed by atoms with Gasteiger partial charge in [-0.15, -0.1) is 11.8 Å². The summed E-state index contributed by atoms with van der Waals surface area (Å²) in [6.45, 7) is 5.79. The first-order valence-electron chi connectivity index (χ1n) is 6.48. The Hall–Kier alpha value is -0.510. The minimum atomic E-state index is -0.0776. The van der Waals surface area contributed by atoms with Gasteiger partial charge >= 0.3 is 0 Å². The van der Waals surface area contributed by atoms with Crippen molar-refractivity contribution in [1.82, 2.24) is 0 Å². The van der Waals surface area contributed by atoms with Crippen LogP contribution in [0.1, 0.15) is 25.8 Å². The minimum absolute atomic E-state index is 0.0776. The molecule has 0 N–H and O–H groups in total. The van der Waals surface area contributed by atoms with Gasteiger partial charge in [-0.05, 0) is 38.3 Å². The third-order valence-corrected chi connectivity index (χ3v) is 4.71. The van der Waals surface area contributed by atoms with Crippen molar-refractivity contribution in [2.45, 2.75) is 42.4 Å². The van der Waals surface area contributed by atoms with E-state index in [9.17, 15) is 0 Å². The molecule has 0 saturated heterocycles. The van der Waals surface area contributed by atoms with E-state index in [1.54, 1.807) is 7.11 Å². The molecule has 1 aliphatic rings. The van der Waals surface area contributed by atoms with Gasteiger partial charge in [0.05, 0.1) is 12.2 Å². The number of ether oxygens (including phenoxy) is 2. The van der Waals surface area contributed by atoms with Gasteiger partial charge in [0.15, 0.2) is 0 Å². The molecule has 0 aromatic heterocycles. The van der Waals surface area contributed by atoms with Crippen LogP contribution in [-0.4, -0.2) is 31.2 Å². The summed E-state index contributed by atoms with van der Waals surface area (Å²) in [5.74, 6) is 0. The first kappa shape index (κ1) is 13.9. The summed E-state index contributed by atoms with van der Waals surface area (Å²) in [5, 5.41) is 0.577. The monoisotopic (exact) mass is 266 g/mol. The number of rotatable bonds is 6. The van der Waals surface area contributed by atoms with Crippen molar-refractivity contribution in [3.8, 4) is 0 Å². The zero-order chi connectivity index (χ0) is 13.0. The Bertz CT molecular complexity index is 365. The highest BCUT2D eigenvalue weighted by atomic mass is 32.2. The second kappa shape index (κ2) is 6.09. The molecule has 0 fully saturated rings. The van der Waals surface area contributed by atoms with Crippen molar-refractivity contribution in [3.63, 3.8) is 0 Å². The smallest absolute Gasteiger partial charge is 0.0644 e. The van der Waals surface area contributed by atoms with E-state index in [2.05, 4.69) is 38.1 Å². The lowest BCUT2D eigenvalue weighted by atomic mass is 10.1. The first-order chi connectivity index (χ1) is 8.61. The standard InChI is InChI=1S/C15H22O2S/c1-15(2,16-3)8-9-17-11-13-10-12-6-4-5-7-14(12)18-13/h4-7,13H,8-11H2,1-3H3. The van der Waals surface area contributed by atoms with Gasteiger partial charge in [-0.3, -0.25) is 0 Å². The van der Waals surface area contributed by atoms with E-state index in [-0.39, 0.29) is 5.60 Å². The topological polar surface area (TPSA) is 18.5 Å². The number of hydrogen-bond donors (Lipinski definition) is 0. The Kier molecular flexibility index (Phi) is 4.71. The SMILES string of the molecule is COC(C)(C)CCOCC1Cc2ccccc2S1. The van der Waals surface area contributed by atoms with Gasteiger partial charge in [-0.2, -0.15) is 0 Å². The molecule has 3 heteroatoms. The fourth-order valence-corrected chi connectivity index (χ4v) is 3.23. The number of hydrogen-bond acceptors (Lipinski definition) is 3. The number of benzene rings is 1. The number of fused-ring (bicyclic) bond motifs is 1. The van der Waals surface area contributed by atoms with Gasteiger partial charge in [0.2, 0.25) is 0 Å². The fraction of sp³-hybridized carbons (Fsp3) is 0.600. The minimum Gasteiger partial charge on any atom is -0.380 e. The van der Waals surface area contributed by atoms with Crippen molar-refractivity contribution in [3.05, 3.63) is 29.8 Å². The molecule has 2 rings (SSSR count). The van der Waals surface area contributed by atoms with Crippen molar-refractivity contribution >= 4 is 11.8 Å². The van der Waals surface area contributed by atoms with Crippen LogP contribution in [-0.2, 0) is 15.9 Å². The number of thioether (sulfide) groups is 1. The highest BCUT2D eigenvalue weighted by Gasteiger charge is 2.22. The highest BCUT2D eigenvalue weighted by molar-refractivity contribution is 8.00. The molecule has 0 bridgehead atoms. The van der Waals surface area contributed by atoms with Gasteiger partial charge < -0.3 is 9.47 Å². The molecule has 1 aliphatic heterocycles. The van der Waals surface area contributed by atoms with Crippen LogP contribution in [0.4, 0.5) is 0 Å². The summed E-state index contributed by atoms with van der Waals surface area (Å²) in [6.07, 6.45) is 2.07. The lowest BCUT2D eigenvalue weighted by Crippen LogP contribution is -2.25. The Balaban J connectivity index is 1.68. The van der Waals surface area contributed by atoms with E-state index in [1.807, 2.05) is 11.8 Å². The summed E-state index contributed by atoms with van der Waals surface area (Å²) in [6, 6.07) is 8.64. The molecule has 0 saturated carbocycles. The average Bonchev–Trinajstić information content (AvgIpc) is 2.77.